The molecule has 0 unspecified atom stereocenters. The molecule has 2 amide bonds. The first-order valence-corrected chi connectivity index (χ1v) is 10.3. The van der Waals surface area contributed by atoms with Crippen LogP contribution in [0.25, 0.3) is 21.8 Å². The number of hydrogen-bond acceptors (Lipinski definition) is 5. The van der Waals surface area contributed by atoms with Crippen LogP contribution >= 0.6 is 0 Å². The fourth-order valence-electron chi connectivity index (χ4n) is 2.85. The summed E-state index contributed by atoms with van der Waals surface area (Å²) in [6, 6.07) is 16.2. The van der Waals surface area contributed by atoms with Crippen LogP contribution in [0.15, 0.2) is 54.6 Å². The topological polar surface area (TPSA) is 123 Å². The van der Waals surface area contributed by atoms with Gasteiger partial charge in [0.05, 0.1) is 29.1 Å². The van der Waals surface area contributed by atoms with Crippen LogP contribution in [0.5, 0.6) is 0 Å². The van der Waals surface area contributed by atoms with Crippen molar-refractivity contribution in [1.29, 1.82) is 10.5 Å². The summed E-state index contributed by atoms with van der Waals surface area (Å²) in [6.45, 7) is 6.64. The first-order valence-electron chi connectivity index (χ1n) is 10.3. The second-order valence-electron chi connectivity index (χ2n) is 8.08. The maximum absolute atomic E-state index is 14.6. The smallest absolute Gasteiger partial charge is 0.643 e. The molecule has 186 valence electrons. The van der Waals surface area contributed by atoms with Gasteiger partial charge in [0.2, 0.25) is 0 Å². The molecule has 0 fully saturated rings. The van der Waals surface area contributed by atoms with Gasteiger partial charge in [-0.15, -0.1) is 5.54 Å². The van der Waals surface area contributed by atoms with Crippen LogP contribution in [0.2, 0.25) is 0 Å². The number of carbonyl (C=O) groups is 2. The minimum absolute atomic E-state index is 0. The molecule has 0 radical (unpaired) electrons. The van der Waals surface area contributed by atoms with Gasteiger partial charge in [0, 0.05) is 6.92 Å². The molecule has 7 nitrogen and oxygen atoms in total. The van der Waals surface area contributed by atoms with Gasteiger partial charge in [-0.3, -0.25) is 0 Å². The van der Waals surface area contributed by atoms with E-state index in [0.29, 0.717) is 5.56 Å². The Kier molecular flexibility index (Phi) is 11.0. The van der Waals surface area contributed by atoms with Gasteiger partial charge in [-0.1, -0.05) is 50.7 Å². The average Bonchev–Trinajstić information content (AvgIpc) is 2.80. The van der Waals surface area contributed by atoms with Crippen LogP contribution in [-0.2, 0) is 20.4 Å². The molecule has 3 rings (SSSR count). The van der Waals surface area contributed by atoms with Gasteiger partial charge in [0.15, 0.2) is 0 Å². The van der Waals surface area contributed by atoms with Gasteiger partial charge < -0.3 is 20.2 Å². The summed E-state index contributed by atoms with van der Waals surface area (Å²) in [6.07, 6.45) is 0. The van der Waals surface area contributed by atoms with Gasteiger partial charge in [-0.2, -0.15) is 10.5 Å². The molecule has 10 heteroatoms. The van der Waals surface area contributed by atoms with Crippen molar-refractivity contribution in [3.8, 4) is 23.3 Å². The van der Waals surface area contributed by atoms with Crippen LogP contribution in [0.1, 0.15) is 54.2 Å². The number of halogens is 2. The number of amides is 2. The zero-order chi connectivity index (χ0) is 26.2. The van der Waals surface area contributed by atoms with Crippen molar-refractivity contribution in [3.63, 3.8) is 0 Å². The molecule has 3 aromatic rings. The van der Waals surface area contributed by atoms with E-state index >= 15 is 0 Å². The molecular formula is C26H21F2N5O2Pd. The van der Waals surface area contributed by atoms with Crippen molar-refractivity contribution in [2.75, 3.05) is 0 Å². The summed E-state index contributed by atoms with van der Waals surface area (Å²) in [5.41, 5.74) is -1.02. The third-order valence-electron chi connectivity index (χ3n) is 4.21. The summed E-state index contributed by atoms with van der Waals surface area (Å²) in [5.74, 6) is -3.78. The Hall–Kier alpha value is -3.97. The van der Waals surface area contributed by atoms with Gasteiger partial charge in [0.25, 0.3) is 0 Å². The Morgan fingerprint density at radius 2 is 1.44 bits per heavy atom. The zero-order valence-electron chi connectivity index (χ0n) is 19.8. The summed E-state index contributed by atoms with van der Waals surface area (Å²) < 4.78 is 29.3. The molecule has 0 saturated carbocycles. The Morgan fingerprint density at radius 3 is 1.97 bits per heavy atom. The maximum atomic E-state index is 14.6. The van der Waals surface area contributed by atoms with Gasteiger partial charge in [0.1, 0.15) is 23.4 Å². The van der Waals surface area contributed by atoms with Crippen LogP contribution in [-0.4, -0.2) is 22.3 Å². The van der Waals surface area contributed by atoms with Crippen molar-refractivity contribution in [1.82, 2.24) is 4.98 Å². The Morgan fingerprint density at radius 1 is 0.917 bits per heavy atom. The van der Waals surface area contributed by atoms with Crippen LogP contribution in [0.3, 0.4) is 0 Å². The molecule has 0 N–H and O–H groups in total. The Balaban J connectivity index is 0.00000154. The maximum Gasteiger partial charge on any atom is 2.00 e. The summed E-state index contributed by atoms with van der Waals surface area (Å²) in [7, 11) is 0. The monoisotopic (exact) mass is 579 g/mol. The van der Waals surface area contributed by atoms with Crippen molar-refractivity contribution < 1.29 is 38.8 Å². The van der Waals surface area contributed by atoms with Crippen molar-refractivity contribution >= 4 is 17.5 Å². The van der Waals surface area contributed by atoms with E-state index in [-0.39, 0.29) is 42.9 Å². The third-order valence-corrected chi connectivity index (χ3v) is 4.21. The number of pyridine rings is 1. The zero-order valence-corrected chi connectivity index (χ0v) is 21.4. The van der Waals surface area contributed by atoms with E-state index in [2.05, 4.69) is 15.6 Å². The SMILES string of the molecule is CC#N.CC(C)(C)[N-]C(=O)c1cccc(C(=O)[N-]c2c(F)cc(-c3ccccc3C#N)cc2F)n1.[Pd+2]. The number of nitriles is 2. The van der Waals surface area contributed by atoms with Crippen LogP contribution in [0, 0.1) is 34.3 Å². The van der Waals surface area contributed by atoms with E-state index in [0.717, 1.165) is 12.1 Å². The predicted molar refractivity (Wildman–Crippen MR) is 127 cm³/mol. The summed E-state index contributed by atoms with van der Waals surface area (Å²) in [4.78, 5) is 28.6. The first kappa shape index (κ1) is 30.1. The van der Waals surface area contributed by atoms with E-state index in [1.807, 2.05) is 6.07 Å². The van der Waals surface area contributed by atoms with Gasteiger partial charge in [-0.25, -0.2) is 13.8 Å². The fourth-order valence-corrected chi connectivity index (χ4v) is 2.85. The number of hydrogen-bond donors (Lipinski definition) is 0. The van der Waals surface area contributed by atoms with E-state index in [1.54, 1.807) is 45.0 Å². The molecule has 0 saturated heterocycles. The van der Waals surface area contributed by atoms with E-state index in [9.17, 15) is 23.6 Å². The largest absolute Gasteiger partial charge is 2.00 e. The number of nitrogens with zero attached hydrogens (tertiary/aromatic N) is 5. The standard InChI is InChI=1S/C24H20F2N4O2.C2H3N.Pd/c1-24(2,3)30-23(32)20-10-6-9-19(28-20)22(31)29-21-17(25)11-15(12-18(21)26)16-8-5-4-7-14(16)13-27;1-2-3;/h4-12H,1-3H3,(H2,29,30,31,32);1H3;/q;;+2/p-2. The van der Waals surface area contributed by atoms with Crippen molar-refractivity contribution in [2.24, 2.45) is 0 Å². The molecule has 36 heavy (non-hydrogen) atoms. The summed E-state index contributed by atoms with van der Waals surface area (Å²) >= 11 is 0. The first-order chi connectivity index (χ1) is 16.5. The quantitative estimate of drug-likeness (QED) is 0.323. The molecule has 0 atom stereocenters. The summed E-state index contributed by atoms with van der Waals surface area (Å²) in [5, 5.41) is 24.0. The minimum atomic E-state index is -1.07. The second kappa shape index (κ2) is 13.2. The molecule has 0 spiro atoms. The van der Waals surface area contributed by atoms with Crippen LogP contribution in [0.4, 0.5) is 14.5 Å². The van der Waals surface area contributed by atoms with Crippen molar-refractivity contribution in [3.05, 3.63) is 93.8 Å². The average molecular weight is 580 g/mol. The molecule has 1 heterocycles. The molecule has 0 aliphatic heterocycles. The van der Waals surface area contributed by atoms with Crippen molar-refractivity contribution in [2.45, 2.75) is 33.2 Å². The molecule has 0 bridgehead atoms. The molecule has 2 aromatic carbocycles. The predicted octanol–water partition coefficient (Wildman–Crippen LogP) is 6.58. The minimum Gasteiger partial charge on any atom is -0.643 e. The third kappa shape index (κ3) is 8.06. The van der Waals surface area contributed by atoms with E-state index in [4.69, 9.17) is 5.26 Å². The normalized spacial score (nSPS) is 9.89. The van der Waals surface area contributed by atoms with E-state index < -0.39 is 34.7 Å². The number of carbonyl (C=O) groups excluding carboxylic acids is 2. The van der Waals surface area contributed by atoms with Gasteiger partial charge in [-0.05, 0) is 41.5 Å². The fraction of sp³-hybridized carbons (Fsp3) is 0.192. The van der Waals surface area contributed by atoms with Crippen LogP contribution < -0.4 is 0 Å². The molecular weight excluding hydrogens is 559 g/mol. The molecule has 0 aliphatic carbocycles. The molecule has 1 aromatic heterocycles. The number of aromatic nitrogens is 1. The van der Waals surface area contributed by atoms with E-state index in [1.165, 1.54) is 31.2 Å². The van der Waals surface area contributed by atoms with Gasteiger partial charge >= 0.3 is 20.4 Å². The number of benzene rings is 2. The Bertz CT molecular complexity index is 1320. The molecule has 0 aliphatic rings. The Labute approximate surface area is 221 Å². The number of rotatable bonds is 4. The second-order valence-corrected chi connectivity index (χ2v) is 8.08.